The van der Waals surface area contributed by atoms with Gasteiger partial charge in [0, 0.05) is 6.07 Å². The van der Waals surface area contributed by atoms with Crippen molar-refractivity contribution in [3.05, 3.63) is 102 Å². The van der Waals surface area contributed by atoms with Crippen LogP contribution in [-0.2, 0) is 4.79 Å². The lowest BCUT2D eigenvalue weighted by Gasteiger charge is -2.19. The molecule has 5 heteroatoms. The highest BCUT2D eigenvalue weighted by molar-refractivity contribution is 5.92. The van der Waals surface area contributed by atoms with E-state index in [2.05, 4.69) is 10.6 Å². The number of halogens is 2. The van der Waals surface area contributed by atoms with Gasteiger partial charge in [-0.3, -0.25) is 10.1 Å². The molecule has 0 atom stereocenters. The van der Waals surface area contributed by atoms with Crippen molar-refractivity contribution in [3.8, 4) is 0 Å². The van der Waals surface area contributed by atoms with E-state index in [0.29, 0.717) is 0 Å². The molecule has 0 saturated heterocycles. The van der Waals surface area contributed by atoms with E-state index in [1.807, 2.05) is 60.7 Å². The number of hydrogen-bond acceptors (Lipinski definition) is 2. The fourth-order valence-corrected chi connectivity index (χ4v) is 2.70. The van der Waals surface area contributed by atoms with Gasteiger partial charge < -0.3 is 5.32 Å². The minimum atomic E-state index is -0.805. The first-order valence-corrected chi connectivity index (χ1v) is 8.21. The van der Waals surface area contributed by atoms with E-state index in [9.17, 15) is 13.6 Å². The summed E-state index contributed by atoms with van der Waals surface area (Å²) in [4.78, 5) is 12.2. The molecule has 3 nitrogen and oxygen atoms in total. The summed E-state index contributed by atoms with van der Waals surface area (Å²) in [5, 5.41) is 5.65. The number of rotatable bonds is 6. The highest BCUT2D eigenvalue weighted by Crippen LogP contribution is 2.21. The van der Waals surface area contributed by atoms with Gasteiger partial charge in [0.25, 0.3) is 0 Å². The van der Waals surface area contributed by atoms with E-state index in [1.165, 1.54) is 6.07 Å². The second kappa shape index (κ2) is 8.36. The number of amides is 1. The van der Waals surface area contributed by atoms with Crippen LogP contribution in [0.5, 0.6) is 0 Å². The van der Waals surface area contributed by atoms with Gasteiger partial charge >= 0.3 is 0 Å². The second-order valence-electron chi connectivity index (χ2n) is 5.81. The van der Waals surface area contributed by atoms with Crippen molar-refractivity contribution >= 4 is 11.6 Å². The summed E-state index contributed by atoms with van der Waals surface area (Å²) in [5.74, 6) is -1.90. The van der Waals surface area contributed by atoms with Crippen LogP contribution in [0.1, 0.15) is 17.2 Å². The first-order valence-electron chi connectivity index (χ1n) is 8.21. The third-order valence-corrected chi connectivity index (χ3v) is 3.94. The Morgan fingerprint density at radius 2 is 1.42 bits per heavy atom. The maximum atomic E-state index is 13.7. The SMILES string of the molecule is O=C(CNC(c1ccccc1)c1ccccc1)Nc1ccc(F)cc1F. The van der Waals surface area contributed by atoms with E-state index < -0.39 is 17.5 Å². The highest BCUT2D eigenvalue weighted by atomic mass is 19.1. The maximum Gasteiger partial charge on any atom is 0.238 e. The monoisotopic (exact) mass is 352 g/mol. The molecule has 0 aromatic heterocycles. The Bertz CT molecular complexity index is 830. The minimum Gasteiger partial charge on any atom is -0.322 e. The van der Waals surface area contributed by atoms with Crippen LogP contribution in [0.3, 0.4) is 0 Å². The van der Waals surface area contributed by atoms with Crippen LogP contribution >= 0.6 is 0 Å². The lowest BCUT2D eigenvalue weighted by atomic mass is 9.99. The van der Waals surface area contributed by atoms with Gasteiger partial charge in [-0.25, -0.2) is 8.78 Å². The van der Waals surface area contributed by atoms with Gasteiger partial charge in [-0.1, -0.05) is 60.7 Å². The second-order valence-corrected chi connectivity index (χ2v) is 5.81. The molecule has 3 aromatic carbocycles. The Kier molecular flexibility index (Phi) is 5.71. The summed E-state index contributed by atoms with van der Waals surface area (Å²) < 4.78 is 26.6. The van der Waals surface area contributed by atoms with Gasteiger partial charge in [-0.05, 0) is 23.3 Å². The molecule has 0 aliphatic rings. The average molecular weight is 352 g/mol. The van der Waals surface area contributed by atoms with Crippen molar-refractivity contribution in [2.75, 3.05) is 11.9 Å². The zero-order chi connectivity index (χ0) is 18.4. The standard InChI is InChI=1S/C21H18F2N2O/c22-17-11-12-19(18(23)13-17)25-20(26)14-24-21(15-7-3-1-4-8-15)16-9-5-2-6-10-16/h1-13,21,24H,14H2,(H,25,26). The van der Waals surface area contributed by atoms with E-state index in [1.54, 1.807) is 0 Å². The van der Waals surface area contributed by atoms with Gasteiger partial charge in [0.2, 0.25) is 5.91 Å². The molecule has 0 spiro atoms. The van der Waals surface area contributed by atoms with Crippen LogP contribution in [0.25, 0.3) is 0 Å². The molecule has 0 saturated carbocycles. The quantitative estimate of drug-likeness (QED) is 0.695. The Hall–Kier alpha value is -3.05. The first kappa shape index (κ1) is 17.8. The molecule has 0 aliphatic heterocycles. The summed E-state index contributed by atoms with van der Waals surface area (Å²) in [6.07, 6.45) is 0. The van der Waals surface area contributed by atoms with E-state index >= 15 is 0 Å². The summed E-state index contributed by atoms with van der Waals surface area (Å²) >= 11 is 0. The zero-order valence-electron chi connectivity index (χ0n) is 14.0. The molecule has 0 heterocycles. The predicted octanol–water partition coefficient (Wildman–Crippen LogP) is 4.28. The van der Waals surface area contributed by atoms with E-state index in [0.717, 1.165) is 23.3 Å². The van der Waals surface area contributed by atoms with E-state index in [4.69, 9.17) is 0 Å². The number of anilines is 1. The van der Waals surface area contributed by atoms with Crippen LogP contribution in [-0.4, -0.2) is 12.5 Å². The fraction of sp³-hybridized carbons (Fsp3) is 0.0952. The van der Waals surface area contributed by atoms with Crippen LogP contribution in [0.2, 0.25) is 0 Å². The van der Waals surface area contributed by atoms with Crippen molar-refractivity contribution in [1.82, 2.24) is 5.32 Å². The molecule has 3 aromatic rings. The number of nitrogens with one attached hydrogen (secondary N) is 2. The van der Waals surface area contributed by atoms with Gasteiger partial charge in [0.1, 0.15) is 11.6 Å². The number of carbonyl (C=O) groups is 1. The summed E-state index contributed by atoms with van der Waals surface area (Å²) in [7, 11) is 0. The Labute approximate surface area is 150 Å². The molecule has 0 unspecified atom stereocenters. The van der Waals surface area contributed by atoms with Crippen molar-refractivity contribution < 1.29 is 13.6 Å². The Balaban J connectivity index is 1.71. The van der Waals surface area contributed by atoms with Crippen LogP contribution in [0.15, 0.2) is 78.9 Å². The number of carbonyl (C=O) groups excluding carboxylic acids is 1. The molecular formula is C21H18F2N2O. The molecule has 0 aliphatic carbocycles. The molecule has 2 N–H and O–H groups in total. The zero-order valence-corrected chi connectivity index (χ0v) is 14.0. The molecule has 1 amide bonds. The van der Waals surface area contributed by atoms with Crippen molar-refractivity contribution in [3.63, 3.8) is 0 Å². The van der Waals surface area contributed by atoms with Crippen LogP contribution in [0.4, 0.5) is 14.5 Å². The first-order chi connectivity index (χ1) is 12.6. The summed E-state index contributed by atoms with van der Waals surface area (Å²) in [5.41, 5.74) is 1.98. The van der Waals surface area contributed by atoms with Gasteiger partial charge in [0.15, 0.2) is 0 Å². The Morgan fingerprint density at radius 3 is 1.96 bits per heavy atom. The smallest absolute Gasteiger partial charge is 0.238 e. The van der Waals surface area contributed by atoms with Gasteiger partial charge in [-0.2, -0.15) is 0 Å². The molecule has 0 radical (unpaired) electrons. The molecule has 0 fully saturated rings. The maximum absolute atomic E-state index is 13.7. The lowest BCUT2D eigenvalue weighted by Crippen LogP contribution is -2.32. The third kappa shape index (κ3) is 4.52. The van der Waals surface area contributed by atoms with Gasteiger partial charge in [-0.15, -0.1) is 0 Å². The fourth-order valence-electron chi connectivity index (χ4n) is 2.70. The number of benzene rings is 3. The van der Waals surface area contributed by atoms with E-state index in [-0.39, 0.29) is 18.3 Å². The average Bonchev–Trinajstić information content (AvgIpc) is 2.66. The van der Waals surface area contributed by atoms with Gasteiger partial charge in [0.05, 0.1) is 18.3 Å². The minimum absolute atomic E-state index is 0.0225. The Morgan fingerprint density at radius 1 is 0.846 bits per heavy atom. The predicted molar refractivity (Wildman–Crippen MR) is 97.7 cm³/mol. The normalized spacial score (nSPS) is 10.7. The largest absolute Gasteiger partial charge is 0.322 e. The third-order valence-electron chi connectivity index (χ3n) is 3.94. The molecule has 132 valence electrons. The number of hydrogen-bond donors (Lipinski definition) is 2. The molecule has 26 heavy (non-hydrogen) atoms. The topological polar surface area (TPSA) is 41.1 Å². The van der Waals surface area contributed by atoms with Crippen LogP contribution < -0.4 is 10.6 Å². The van der Waals surface area contributed by atoms with Crippen molar-refractivity contribution in [2.24, 2.45) is 0 Å². The molecule has 0 bridgehead atoms. The molecule has 3 rings (SSSR count). The highest BCUT2D eigenvalue weighted by Gasteiger charge is 2.15. The summed E-state index contributed by atoms with van der Waals surface area (Å²) in [6, 6.07) is 22.3. The van der Waals surface area contributed by atoms with Crippen molar-refractivity contribution in [2.45, 2.75) is 6.04 Å². The van der Waals surface area contributed by atoms with Crippen molar-refractivity contribution in [1.29, 1.82) is 0 Å². The molecular weight excluding hydrogens is 334 g/mol. The van der Waals surface area contributed by atoms with Crippen LogP contribution in [0, 0.1) is 11.6 Å². The summed E-state index contributed by atoms with van der Waals surface area (Å²) in [6.45, 7) is -0.0225. The lowest BCUT2D eigenvalue weighted by molar-refractivity contribution is -0.115.